The molecule has 0 saturated carbocycles. The molecule has 1 saturated heterocycles. The van der Waals surface area contributed by atoms with E-state index in [1.807, 2.05) is 26.0 Å². The van der Waals surface area contributed by atoms with Crippen LogP contribution >= 0.6 is 11.6 Å². The molecule has 1 aliphatic rings. The number of nitrogens with zero attached hydrogens (tertiary/aromatic N) is 1. The van der Waals surface area contributed by atoms with Crippen LogP contribution in [0.15, 0.2) is 72.8 Å². The van der Waals surface area contributed by atoms with E-state index in [2.05, 4.69) is 11.9 Å². The molecule has 1 fully saturated rings. The van der Waals surface area contributed by atoms with E-state index < -0.39 is 17.8 Å². The predicted octanol–water partition coefficient (Wildman–Crippen LogP) is 6.51. The largest absolute Gasteiger partial charge is 0.493 e. The Morgan fingerprint density at radius 3 is 2.34 bits per heavy atom. The number of ether oxygens (including phenoxy) is 4. The third-order valence-corrected chi connectivity index (χ3v) is 6.89. The quantitative estimate of drug-likeness (QED) is 0.125. The number of nitrogens with one attached hydrogen (secondary N) is 1. The molecule has 0 atom stereocenters. The van der Waals surface area contributed by atoms with Crippen LogP contribution < -0.4 is 24.3 Å². The Hall–Kier alpha value is -4.76. The van der Waals surface area contributed by atoms with Crippen molar-refractivity contribution in [3.8, 4) is 23.0 Å². The zero-order chi connectivity index (χ0) is 31.6. The summed E-state index contributed by atoms with van der Waals surface area (Å²) in [5.41, 5.74) is 2.61. The summed E-state index contributed by atoms with van der Waals surface area (Å²) in [5.74, 6) is 0.493. The molecule has 0 unspecified atom stereocenters. The molecular weight excluding hydrogens is 584 g/mol. The summed E-state index contributed by atoms with van der Waals surface area (Å²) < 4.78 is 23.2. The van der Waals surface area contributed by atoms with Crippen molar-refractivity contribution in [3.05, 3.63) is 100 Å². The number of barbiturate groups is 1. The number of hydrogen-bond donors (Lipinski definition) is 1. The number of imide groups is 2. The number of allylic oxidation sites excluding steroid dienone is 1. The third kappa shape index (κ3) is 7.79. The number of carbonyl (C=O) groups excluding carboxylic acids is 3. The summed E-state index contributed by atoms with van der Waals surface area (Å²) in [6.07, 6.45) is 4.42. The SMILES string of the molecule is C=CCc1cc(/C=C2\C(=O)NC(=O)N(Cc3ccc(OCCC)c(OCC)c3)C2=O)cc(OC)c1OCc1ccc(Cl)cc1. The van der Waals surface area contributed by atoms with Gasteiger partial charge in [0.15, 0.2) is 23.0 Å². The lowest BCUT2D eigenvalue weighted by molar-refractivity contribution is -0.130. The van der Waals surface area contributed by atoms with Crippen LogP contribution in [0, 0.1) is 0 Å². The Morgan fingerprint density at radius 2 is 1.66 bits per heavy atom. The first kappa shape index (κ1) is 32.2. The van der Waals surface area contributed by atoms with Crippen molar-refractivity contribution >= 4 is 35.5 Å². The van der Waals surface area contributed by atoms with Gasteiger partial charge in [-0.05, 0) is 78.9 Å². The molecule has 0 aliphatic carbocycles. The number of methoxy groups -OCH3 is 1. The Labute approximate surface area is 262 Å². The lowest BCUT2D eigenvalue weighted by Crippen LogP contribution is -2.53. The average Bonchev–Trinajstić information content (AvgIpc) is 3.01. The minimum atomic E-state index is -0.808. The lowest BCUT2D eigenvalue weighted by atomic mass is 10.0. The molecular formula is C34H35ClN2O7. The van der Waals surface area contributed by atoms with Gasteiger partial charge in [-0.2, -0.15) is 0 Å². The van der Waals surface area contributed by atoms with Gasteiger partial charge in [0.2, 0.25) is 0 Å². The van der Waals surface area contributed by atoms with Gasteiger partial charge in [-0.1, -0.05) is 42.8 Å². The summed E-state index contributed by atoms with van der Waals surface area (Å²) in [7, 11) is 1.51. The van der Waals surface area contributed by atoms with Crippen LogP contribution in [0.4, 0.5) is 4.79 Å². The van der Waals surface area contributed by atoms with Gasteiger partial charge < -0.3 is 18.9 Å². The maximum atomic E-state index is 13.5. The van der Waals surface area contributed by atoms with E-state index in [4.69, 9.17) is 30.5 Å². The van der Waals surface area contributed by atoms with Crippen molar-refractivity contribution < 1.29 is 33.3 Å². The van der Waals surface area contributed by atoms with Crippen molar-refractivity contribution in [1.82, 2.24) is 10.2 Å². The summed E-state index contributed by atoms with van der Waals surface area (Å²) in [4.78, 5) is 40.1. The van der Waals surface area contributed by atoms with E-state index in [1.165, 1.54) is 13.2 Å². The zero-order valence-corrected chi connectivity index (χ0v) is 25.7. The highest BCUT2D eigenvalue weighted by molar-refractivity contribution is 6.31. The minimum Gasteiger partial charge on any atom is -0.493 e. The minimum absolute atomic E-state index is 0.0775. The van der Waals surface area contributed by atoms with Crippen LogP contribution in [-0.4, -0.2) is 43.1 Å². The Balaban J connectivity index is 1.62. The number of rotatable bonds is 14. The van der Waals surface area contributed by atoms with Crippen molar-refractivity contribution in [2.75, 3.05) is 20.3 Å². The molecule has 10 heteroatoms. The van der Waals surface area contributed by atoms with Crippen LogP contribution in [0.1, 0.15) is 42.5 Å². The summed E-state index contributed by atoms with van der Waals surface area (Å²) in [6, 6.07) is 15.2. The fourth-order valence-corrected chi connectivity index (χ4v) is 4.69. The topological polar surface area (TPSA) is 103 Å². The van der Waals surface area contributed by atoms with E-state index in [-0.39, 0.29) is 18.7 Å². The van der Waals surface area contributed by atoms with E-state index >= 15 is 0 Å². The Morgan fingerprint density at radius 1 is 0.909 bits per heavy atom. The first-order valence-corrected chi connectivity index (χ1v) is 14.6. The van der Waals surface area contributed by atoms with Crippen LogP contribution in [-0.2, 0) is 29.2 Å². The highest BCUT2D eigenvalue weighted by Crippen LogP contribution is 2.35. The van der Waals surface area contributed by atoms with E-state index in [0.717, 1.165) is 22.4 Å². The number of carbonyl (C=O) groups is 3. The van der Waals surface area contributed by atoms with Crippen molar-refractivity contribution in [2.45, 2.75) is 39.8 Å². The molecule has 1 heterocycles. The molecule has 3 aromatic rings. The maximum Gasteiger partial charge on any atom is 0.331 e. The Kier molecular flexibility index (Phi) is 11.0. The molecule has 1 N–H and O–H groups in total. The van der Waals surface area contributed by atoms with E-state index in [9.17, 15) is 14.4 Å². The fraction of sp³-hybridized carbons (Fsp3) is 0.265. The smallest absolute Gasteiger partial charge is 0.331 e. The molecule has 230 valence electrons. The predicted molar refractivity (Wildman–Crippen MR) is 168 cm³/mol. The maximum absolute atomic E-state index is 13.5. The van der Waals surface area contributed by atoms with Gasteiger partial charge in [0.05, 0.1) is 26.9 Å². The van der Waals surface area contributed by atoms with E-state index in [1.54, 1.807) is 48.5 Å². The van der Waals surface area contributed by atoms with Gasteiger partial charge in [-0.3, -0.25) is 19.8 Å². The monoisotopic (exact) mass is 618 g/mol. The first-order valence-electron chi connectivity index (χ1n) is 14.2. The van der Waals surface area contributed by atoms with Crippen LogP contribution in [0.5, 0.6) is 23.0 Å². The average molecular weight is 619 g/mol. The molecule has 0 radical (unpaired) electrons. The molecule has 44 heavy (non-hydrogen) atoms. The number of benzene rings is 3. The normalized spacial score (nSPS) is 14.0. The second-order valence-corrected chi connectivity index (χ2v) is 10.3. The van der Waals surface area contributed by atoms with Crippen LogP contribution in [0.25, 0.3) is 6.08 Å². The van der Waals surface area contributed by atoms with Gasteiger partial charge >= 0.3 is 6.03 Å². The second kappa shape index (κ2) is 15.1. The number of halogens is 1. The van der Waals surface area contributed by atoms with Crippen LogP contribution in [0.3, 0.4) is 0 Å². The van der Waals surface area contributed by atoms with Gasteiger partial charge in [0, 0.05) is 10.6 Å². The fourth-order valence-electron chi connectivity index (χ4n) is 4.56. The summed E-state index contributed by atoms with van der Waals surface area (Å²) >= 11 is 6.00. The van der Waals surface area contributed by atoms with Crippen molar-refractivity contribution in [3.63, 3.8) is 0 Å². The number of hydrogen-bond acceptors (Lipinski definition) is 7. The molecule has 0 spiro atoms. The van der Waals surface area contributed by atoms with Crippen molar-refractivity contribution in [1.29, 1.82) is 0 Å². The van der Waals surface area contributed by atoms with Gasteiger partial charge in [0.1, 0.15) is 12.2 Å². The molecule has 4 rings (SSSR count). The first-order chi connectivity index (χ1) is 21.3. The number of amides is 4. The Bertz CT molecular complexity index is 1570. The summed E-state index contributed by atoms with van der Waals surface area (Å²) in [6.45, 7) is 8.83. The van der Waals surface area contributed by atoms with Gasteiger partial charge in [-0.15, -0.1) is 6.58 Å². The molecule has 0 aromatic heterocycles. The highest BCUT2D eigenvalue weighted by Gasteiger charge is 2.36. The van der Waals surface area contributed by atoms with Crippen LogP contribution in [0.2, 0.25) is 5.02 Å². The molecule has 9 nitrogen and oxygen atoms in total. The van der Waals surface area contributed by atoms with E-state index in [0.29, 0.717) is 58.8 Å². The second-order valence-electron chi connectivity index (χ2n) is 9.89. The molecule has 4 amide bonds. The number of urea groups is 1. The lowest BCUT2D eigenvalue weighted by Gasteiger charge is -2.27. The standard InChI is InChI=1S/C34H35ClN2O7/c1-5-8-25-16-24(19-30(41-4)31(25)44-21-22-9-12-26(35)13-10-22)17-27-32(38)36-34(40)37(33(27)39)20-23-11-14-28(43-15-6-2)29(18-23)42-7-3/h5,9-14,16-19H,1,6-8,15,20-21H2,2-4H3,(H,36,38,40)/b27-17+. The molecule has 3 aromatic carbocycles. The highest BCUT2D eigenvalue weighted by atomic mass is 35.5. The van der Waals surface area contributed by atoms with Gasteiger partial charge in [-0.25, -0.2) is 4.79 Å². The van der Waals surface area contributed by atoms with Gasteiger partial charge in [0.25, 0.3) is 11.8 Å². The molecule has 0 bridgehead atoms. The zero-order valence-electron chi connectivity index (χ0n) is 25.0. The third-order valence-electron chi connectivity index (χ3n) is 6.64. The molecule has 1 aliphatic heterocycles. The summed E-state index contributed by atoms with van der Waals surface area (Å²) in [5, 5.41) is 2.90. The van der Waals surface area contributed by atoms with Crippen molar-refractivity contribution in [2.24, 2.45) is 0 Å².